The number of hydrogen-bond acceptors (Lipinski definition) is 3. The summed E-state index contributed by atoms with van der Waals surface area (Å²) in [6.07, 6.45) is 4.34. The van der Waals surface area contributed by atoms with Crippen LogP contribution >= 0.6 is 0 Å². The average molecular weight is 249 g/mol. The van der Waals surface area contributed by atoms with Crippen LogP contribution in [0.2, 0.25) is 0 Å². The highest BCUT2D eigenvalue weighted by atomic mass is 16.1. The topological polar surface area (TPSA) is 39.3 Å². The second-order valence-electron chi connectivity index (χ2n) is 5.13. The number of carbonyl (C=O) groups is 1. The summed E-state index contributed by atoms with van der Waals surface area (Å²) in [6, 6.07) is 4.32. The molecule has 100 valence electrons. The van der Waals surface area contributed by atoms with E-state index in [-0.39, 0.29) is 5.78 Å². The third kappa shape index (κ3) is 3.21. The van der Waals surface area contributed by atoms with Crippen molar-refractivity contribution >= 4 is 5.78 Å². The quantitative estimate of drug-likeness (QED) is 0.779. The van der Waals surface area contributed by atoms with Gasteiger partial charge in [-0.3, -0.25) is 14.6 Å². The van der Waals surface area contributed by atoms with Crippen LogP contribution in [0.15, 0.2) is 18.3 Å². The van der Waals surface area contributed by atoms with E-state index in [1.54, 1.807) is 6.20 Å². The maximum absolute atomic E-state index is 12.0. The molecule has 1 aromatic rings. The molecule has 0 aliphatic carbocycles. The van der Waals surface area contributed by atoms with E-state index in [4.69, 9.17) is 0 Å². The van der Waals surface area contributed by atoms with Crippen LogP contribution in [0.5, 0.6) is 0 Å². The molecule has 18 heavy (non-hydrogen) atoms. The molecule has 0 radical (unpaired) electrons. The van der Waals surface area contributed by atoms with Gasteiger partial charge in [-0.05, 0) is 45.1 Å². The summed E-state index contributed by atoms with van der Waals surface area (Å²) >= 11 is 0. The summed E-state index contributed by atoms with van der Waals surface area (Å²) < 4.78 is 0. The first-order chi connectivity index (χ1) is 8.70. The molecule has 1 aromatic heterocycles. The van der Waals surface area contributed by atoms with Crippen LogP contribution in [0, 0.1) is 0 Å². The van der Waals surface area contributed by atoms with Gasteiger partial charge in [-0.15, -0.1) is 0 Å². The molecule has 2 heterocycles. The van der Waals surface area contributed by atoms with E-state index in [0.29, 0.717) is 18.3 Å². The van der Waals surface area contributed by atoms with E-state index in [0.717, 1.165) is 13.1 Å². The number of nitrogens with zero attached hydrogens (tertiary/aromatic N) is 2. The fourth-order valence-corrected chi connectivity index (χ4v) is 2.78. The number of nitrogens with one attached hydrogen (secondary N) is 1. The van der Waals surface area contributed by atoms with Crippen LogP contribution in [0.4, 0.5) is 0 Å². The fraction of sp³-hybridized carbons (Fsp3) is 0.643. The highest BCUT2D eigenvalue weighted by Crippen LogP contribution is 2.17. The molecule has 1 aliphatic heterocycles. The zero-order valence-electron chi connectivity index (χ0n) is 11.4. The molecule has 0 amide bonds. The van der Waals surface area contributed by atoms with E-state index in [1.165, 1.54) is 19.4 Å². The van der Waals surface area contributed by atoms with Gasteiger partial charge in [0.2, 0.25) is 0 Å². The largest absolute Gasteiger partial charge is 0.359 e. The highest BCUT2D eigenvalue weighted by molar-refractivity contribution is 5.95. The molecule has 4 heteroatoms. The summed E-state index contributed by atoms with van der Waals surface area (Å²) in [5, 5.41) is 0. The van der Waals surface area contributed by atoms with Gasteiger partial charge in [0.1, 0.15) is 0 Å². The fourth-order valence-electron chi connectivity index (χ4n) is 2.78. The number of likely N-dealkylation sites (N-methyl/N-ethyl adjacent to an activating group) is 2. The van der Waals surface area contributed by atoms with E-state index < -0.39 is 0 Å². The Kier molecular flexibility index (Phi) is 4.55. The molecule has 0 spiro atoms. The van der Waals surface area contributed by atoms with Crippen LogP contribution in [-0.2, 0) is 0 Å². The van der Waals surface area contributed by atoms with E-state index in [2.05, 4.69) is 21.7 Å². The van der Waals surface area contributed by atoms with E-state index in [1.807, 2.05) is 19.2 Å². The molecule has 1 N–H and O–H groups in total. The molecular weight excluding hydrogens is 226 g/mol. The van der Waals surface area contributed by atoms with Gasteiger partial charge < -0.3 is 4.98 Å². The van der Waals surface area contributed by atoms with Crippen molar-refractivity contribution in [3.8, 4) is 0 Å². The van der Waals surface area contributed by atoms with Gasteiger partial charge in [0.05, 0.1) is 12.2 Å². The van der Waals surface area contributed by atoms with Gasteiger partial charge in [0.15, 0.2) is 5.78 Å². The van der Waals surface area contributed by atoms with Gasteiger partial charge in [-0.1, -0.05) is 6.92 Å². The van der Waals surface area contributed by atoms with E-state index >= 15 is 0 Å². The van der Waals surface area contributed by atoms with Gasteiger partial charge >= 0.3 is 0 Å². The summed E-state index contributed by atoms with van der Waals surface area (Å²) in [7, 11) is 2.03. The molecule has 4 nitrogen and oxygen atoms in total. The molecule has 1 fully saturated rings. The third-order valence-electron chi connectivity index (χ3n) is 3.74. The van der Waals surface area contributed by atoms with Crippen LogP contribution in [0.25, 0.3) is 0 Å². The number of aromatic amines is 1. The van der Waals surface area contributed by atoms with Crippen molar-refractivity contribution in [2.24, 2.45) is 0 Å². The predicted octanol–water partition coefficient (Wildman–Crippen LogP) is 1.61. The SMILES string of the molecule is CCN1CCCC1CN(C)CC(=O)c1ccc[nH]1. The number of likely N-dealkylation sites (tertiary alicyclic amines) is 1. The first-order valence-corrected chi connectivity index (χ1v) is 6.80. The standard InChI is InChI=1S/C14H23N3O/c1-3-17-9-5-6-12(17)10-16(2)11-14(18)13-7-4-8-15-13/h4,7-8,12,15H,3,5-6,9-11H2,1-2H3. The highest BCUT2D eigenvalue weighted by Gasteiger charge is 2.24. The molecule has 2 rings (SSSR count). The van der Waals surface area contributed by atoms with Gasteiger partial charge in [-0.2, -0.15) is 0 Å². The van der Waals surface area contributed by atoms with Crippen LogP contribution in [-0.4, -0.2) is 59.8 Å². The number of Topliss-reactive ketones (excluding diaryl/α,β-unsaturated/α-hetero) is 1. The zero-order chi connectivity index (χ0) is 13.0. The lowest BCUT2D eigenvalue weighted by Crippen LogP contribution is -2.40. The molecular formula is C14H23N3O. The van der Waals surface area contributed by atoms with Crippen molar-refractivity contribution in [1.29, 1.82) is 0 Å². The smallest absolute Gasteiger partial charge is 0.192 e. The molecule has 1 unspecified atom stereocenters. The minimum atomic E-state index is 0.170. The molecule has 1 aliphatic rings. The minimum absolute atomic E-state index is 0.170. The van der Waals surface area contributed by atoms with Gasteiger partial charge in [0.25, 0.3) is 0 Å². The van der Waals surface area contributed by atoms with Crippen LogP contribution in [0.1, 0.15) is 30.3 Å². The lowest BCUT2D eigenvalue weighted by atomic mass is 10.2. The Balaban J connectivity index is 1.81. The van der Waals surface area contributed by atoms with Gasteiger partial charge in [0, 0.05) is 18.8 Å². The van der Waals surface area contributed by atoms with Crippen molar-refractivity contribution in [2.45, 2.75) is 25.8 Å². The van der Waals surface area contributed by atoms with Crippen molar-refractivity contribution in [2.75, 3.05) is 33.2 Å². The lowest BCUT2D eigenvalue weighted by Gasteiger charge is -2.27. The number of carbonyl (C=O) groups excluding carboxylic acids is 1. The van der Waals surface area contributed by atoms with Gasteiger partial charge in [-0.25, -0.2) is 0 Å². The second-order valence-corrected chi connectivity index (χ2v) is 5.13. The van der Waals surface area contributed by atoms with Crippen molar-refractivity contribution < 1.29 is 4.79 Å². The maximum Gasteiger partial charge on any atom is 0.192 e. The summed E-state index contributed by atoms with van der Waals surface area (Å²) in [4.78, 5) is 19.6. The Labute approximate surface area is 109 Å². The number of aromatic nitrogens is 1. The molecule has 0 saturated carbocycles. The molecule has 1 atom stereocenters. The number of rotatable bonds is 6. The Morgan fingerprint density at radius 1 is 1.61 bits per heavy atom. The van der Waals surface area contributed by atoms with Crippen LogP contribution in [0.3, 0.4) is 0 Å². The number of hydrogen-bond donors (Lipinski definition) is 1. The zero-order valence-corrected chi connectivity index (χ0v) is 11.4. The predicted molar refractivity (Wildman–Crippen MR) is 72.9 cm³/mol. The lowest BCUT2D eigenvalue weighted by molar-refractivity contribution is 0.0925. The Bertz CT molecular complexity index is 374. The first-order valence-electron chi connectivity index (χ1n) is 6.80. The molecule has 0 bridgehead atoms. The Hall–Kier alpha value is -1.13. The van der Waals surface area contributed by atoms with Crippen LogP contribution < -0.4 is 0 Å². The number of ketones is 1. The summed E-state index contributed by atoms with van der Waals surface area (Å²) in [6.45, 7) is 6.01. The Morgan fingerprint density at radius 2 is 2.44 bits per heavy atom. The average Bonchev–Trinajstić information content (AvgIpc) is 2.98. The summed E-state index contributed by atoms with van der Waals surface area (Å²) in [5.41, 5.74) is 0.709. The molecule has 1 saturated heterocycles. The third-order valence-corrected chi connectivity index (χ3v) is 3.74. The maximum atomic E-state index is 12.0. The normalized spacial score (nSPS) is 20.7. The second kappa shape index (κ2) is 6.16. The summed E-state index contributed by atoms with van der Waals surface area (Å²) in [5.74, 6) is 0.170. The monoisotopic (exact) mass is 249 g/mol. The van der Waals surface area contributed by atoms with Crippen molar-refractivity contribution in [3.63, 3.8) is 0 Å². The Morgan fingerprint density at radius 3 is 3.11 bits per heavy atom. The molecule has 0 aromatic carbocycles. The van der Waals surface area contributed by atoms with E-state index in [9.17, 15) is 4.79 Å². The van der Waals surface area contributed by atoms with Crippen molar-refractivity contribution in [1.82, 2.24) is 14.8 Å². The number of H-pyrrole nitrogens is 1. The minimum Gasteiger partial charge on any atom is -0.359 e. The van der Waals surface area contributed by atoms with Crippen molar-refractivity contribution in [3.05, 3.63) is 24.0 Å². The first kappa shape index (κ1) is 13.3.